The van der Waals surface area contributed by atoms with Crippen LogP contribution in [0.1, 0.15) is 22.3 Å². The number of rotatable bonds is 7. The molecular weight excluding hydrogens is 616 g/mol. The zero-order valence-electron chi connectivity index (χ0n) is 22.8. The first-order valence-electron chi connectivity index (χ1n) is 13.5. The Kier molecular flexibility index (Phi) is 8.04. The largest absolute Gasteiger partial charge is 0.493 e. The highest BCUT2D eigenvalue weighted by molar-refractivity contribution is 9.10. The van der Waals surface area contributed by atoms with Crippen LogP contribution >= 0.6 is 27.7 Å². The van der Waals surface area contributed by atoms with Crippen molar-refractivity contribution in [1.29, 1.82) is 0 Å². The second-order valence-corrected chi connectivity index (χ2v) is 11.9. The van der Waals surface area contributed by atoms with Crippen LogP contribution in [0.15, 0.2) is 88.2 Å². The first-order chi connectivity index (χ1) is 20.4. The van der Waals surface area contributed by atoms with Crippen molar-refractivity contribution in [1.82, 2.24) is 9.80 Å². The van der Waals surface area contributed by atoms with Crippen LogP contribution in [0, 0.1) is 0 Å². The molecule has 1 fully saturated rings. The Labute approximate surface area is 256 Å². The van der Waals surface area contributed by atoms with Gasteiger partial charge in [-0.3, -0.25) is 19.3 Å². The van der Waals surface area contributed by atoms with E-state index >= 15 is 0 Å². The van der Waals surface area contributed by atoms with Crippen LogP contribution in [0.4, 0.5) is 4.79 Å². The van der Waals surface area contributed by atoms with E-state index in [4.69, 9.17) is 9.47 Å². The normalized spacial score (nSPS) is 15.8. The summed E-state index contributed by atoms with van der Waals surface area (Å²) in [5.41, 5.74) is 4.02. The lowest BCUT2D eigenvalue weighted by Crippen LogP contribution is -2.44. The summed E-state index contributed by atoms with van der Waals surface area (Å²) in [6.45, 7) is 1.10. The number of nitrogens with zero attached hydrogens (tertiary/aromatic N) is 2. The highest BCUT2D eigenvalue weighted by Gasteiger charge is 2.37. The summed E-state index contributed by atoms with van der Waals surface area (Å²) < 4.78 is 12.5. The topological polar surface area (TPSA) is 76.2 Å². The number of hydrogen-bond donors (Lipinski definition) is 0. The molecule has 212 valence electrons. The van der Waals surface area contributed by atoms with Crippen molar-refractivity contribution in [2.45, 2.75) is 19.6 Å². The highest BCUT2D eigenvalue weighted by atomic mass is 79.9. The third kappa shape index (κ3) is 5.67. The number of ether oxygens (including phenoxy) is 2. The lowest BCUT2D eigenvalue weighted by molar-refractivity contribution is -0.136. The molecule has 0 spiro atoms. The van der Waals surface area contributed by atoms with E-state index < -0.39 is 11.1 Å². The second kappa shape index (κ2) is 12.0. The van der Waals surface area contributed by atoms with Crippen LogP contribution in [-0.4, -0.2) is 47.1 Å². The molecule has 3 amide bonds. The van der Waals surface area contributed by atoms with Gasteiger partial charge < -0.3 is 14.4 Å². The molecule has 42 heavy (non-hydrogen) atoms. The molecule has 9 heteroatoms. The molecular formula is C33H27BrN2O5S. The molecule has 4 aromatic carbocycles. The average molecular weight is 644 g/mol. The van der Waals surface area contributed by atoms with Crippen molar-refractivity contribution >= 4 is 61.6 Å². The van der Waals surface area contributed by atoms with Crippen molar-refractivity contribution in [2.24, 2.45) is 0 Å². The van der Waals surface area contributed by atoms with Crippen LogP contribution in [0.2, 0.25) is 0 Å². The molecule has 4 aromatic rings. The smallest absolute Gasteiger partial charge is 0.294 e. The summed E-state index contributed by atoms with van der Waals surface area (Å²) in [4.78, 5) is 42.0. The Bertz CT molecular complexity index is 1750. The Morgan fingerprint density at radius 3 is 2.60 bits per heavy atom. The molecule has 1 saturated heterocycles. The van der Waals surface area contributed by atoms with Gasteiger partial charge in [-0.2, -0.15) is 0 Å². The molecule has 0 saturated carbocycles. The summed E-state index contributed by atoms with van der Waals surface area (Å²) in [5.74, 6) is 0.285. The fraction of sp³-hybridized carbons (Fsp3) is 0.182. The van der Waals surface area contributed by atoms with E-state index in [1.165, 1.54) is 5.56 Å². The van der Waals surface area contributed by atoms with Gasteiger partial charge >= 0.3 is 0 Å². The second-order valence-electron chi connectivity index (χ2n) is 10.1. The average Bonchev–Trinajstić information content (AvgIpc) is 3.27. The van der Waals surface area contributed by atoms with Crippen molar-refractivity contribution in [3.8, 4) is 11.5 Å². The summed E-state index contributed by atoms with van der Waals surface area (Å²) in [5, 5.41) is 1.79. The van der Waals surface area contributed by atoms with Crippen LogP contribution in [0.5, 0.6) is 11.5 Å². The van der Waals surface area contributed by atoms with Crippen molar-refractivity contribution in [3.05, 3.63) is 110 Å². The van der Waals surface area contributed by atoms with Crippen molar-refractivity contribution in [2.75, 3.05) is 20.2 Å². The fourth-order valence-electron chi connectivity index (χ4n) is 5.26. The summed E-state index contributed by atoms with van der Waals surface area (Å²) in [6, 6.07) is 25.8. The number of thioether (sulfide) groups is 1. The number of carbonyl (C=O) groups excluding carboxylic acids is 3. The third-order valence-electron chi connectivity index (χ3n) is 7.45. The molecule has 7 nitrogen and oxygen atoms in total. The van der Waals surface area contributed by atoms with Crippen molar-refractivity contribution in [3.63, 3.8) is 0 Å². The highest BCUT2D eigenvalue weighted by Crippen LogP contribution is 2.40. The van der Waals surface area contributed by atoms with Gasteiger partial charge in [-0.05, 0) is 85.3 Å². The Morgan fingerprint density at radius 2 is 1.76 bits per heavy atom. The predicted octanol–water partition coefficient (Wildman–Crippen LogP) is 6.81. The Balaban J connectivity index is 1.16. The number of methoxy groups -OCH3 is 1. The quantitative estimate of drug-likeness (QED) is 0.206. The van der Waals surface area contributed by atoms with Gasteiger partial charge in [0.15, 0.2) is 11.5 Å². The zero-order valence-corrected chi connectivity index (χ0v) is 25.2. The number of benzene rings is 4. The summed E-state index contributed by atoms with van der Waals surface area (Å²) >= 11 is 4.41. The minimum Gasteiger partial charge on any atom is -0.493 e. The standard InChI is InChI=1S/C33H27BrN2O5S/c1-40-28-16-21(15-27(34)31(28)41-20-25-11-6-10-23-8-4-5-12-26(23)25)17-29-32(38)36(33(39)42-29)19-30(37)35-14-13-22-7-2-3-9-24(22)18-35/h2-12,15-17H,13-14,18-20H2,1H3/b29-17+. The SMILES string of the molecule is COc1cc(/C=C2/SC(=O)N(CC(=O)N3CCc4ccccc4C3)C2=O)cc(Br)c1OCc1cccc2ccccc12. The maximum atomic E-state index is 13.2. The van der Waals surface area contributed by atoms with E-state index in [1.807, 2.05) is 48.5 Å². The Hall–Kier alpha value is -4.08. The van der Waals surface area contributed by atoms with E-state index in [9.17, 15) is 14.4 Å². The molecule has 0 unspecified atom stereocenters. The van der Waals surface area contributed by atoms with Crippen molar-refractivity contribution < 1.29 is 23.9 Å². The molecule has 2 aliphatic rings. The van der Waals surface area contributed by atoms with Gasteiger partial charge in [0, 0.05) is 13.1 Å². The van der Waals surface area contributed by atoms with Crippen LogP contribution in [0.3, 0.4) is 0 Å². The fourth-order valence-corrected chi connectivity index (χ4v) is 6.68. The van der Waals surface area contributed by atoms with Gasteiger partial charge in [-0.1, -0.05) is 66.7 Å². The maximum absolute atomic E-state index is 13.2. The van der Waals surface area contributed by atoms with Crippen LogP contribution in [-0.2, 0) is 29.2 Å². The van der Waals surface area contributed by atoms with E-state index in [-0.39, 0.29) is 17.4 Å². The van der Waals surface area contributed by atoms with E-state index in [2.05, 4.69) is 40.2 Å². The van der Waals surface area contributed by atoms with Gasteiger partial charge in [0.25, 0.3) is 11.1 Å². The third-order valence-corrected chi connectivity index (χ3v) is 8.95. The van der Waals surface area contributed by atoms with Gasteiger partial charge in [0.1, 0.15) is 13.2 Å². The zero-order chi connectivity index (χ0) is 29.2. The molecule has 0 radical (unpaired) electrons. The van der Waals surface area contributed by atoms with E-state index in [0.717, 1.165) is 45.0 Å². The van der Waals surface area contributed by atoms with E-state index in [1.54, 1.807) is 24.2 Å². The molecule has 0 atom stereocenters. The first kappa shape index (κ1) is 28.1. The monoisotopic (exact) mass is 642 g/mol. The van der Waals surface area contributed by atoms with E-state index in [0.29, 0.717) is 41.2 Å². The molecule has 6 rings (SSSR count). The molecule has 2 heterocycles. The first-order valence-corrected chi connectivity index (χ1v) is 15.1. The number of halogens is 1. The van der Waals surface area contributed by atoms with Gasteiger partial charge in [-0.15, -0.1) is 0 Å². The summed E-state index contributed by atoms with van der Waals surface area (Å²) in [6.07, 6.45) is 2.39. The lowest BCUT2D eigenvalue weighted by atomic mass is 10.00. The van der Waals surface area contributed by atoms with Gasteiger partial charge in [-0.25, -0.2) is 0 Å². The minimum absolute atomic E-state index is 0.245. The van der Waals surface area contributed by atoms with Crippen LogP contribution in [0.25, 0.3) is 16.8 Å². The molecule has 0 N–H and O–H groups in total. The molecule has 2 aliphatic heterocycles. The lowest BCUT2D eigenvalue weighted by Gasteiger charge is -2.29. The number of carbonyl (C=O) groups is 3. The molecule has 0 aromatic heterocycles. The maximum Gasteiger partial charge on any atom is 0.294 e. The summed E-state index contributed by atoms with van der Waals surface area (Å²) in [7, 11) is 1.55. The van der Waals surface area contributed by atoms with Gasteiger partial charge in [0.2, 0.25) is 5.91 Å². The number of hydrogen-bond acceptors (Lipinski definition) is 6. The predicted molar refractivity (Wildman–Crippen MR) is 167 cm³/mol. The number of amides is 3. The van der Waals surface area contributed by atoms with Crippen LogP contribution < -0.4 is 9.47 Å². The number of fused-ring (bicyclic) bond motifs is 2. The number of imide groups is 1. The molecule has 0 bridgehead atoms. The Morgan fingerprint density at radius 1 is 1.00 bits per heavy atom. The molecule has 0 aliphatic carbocycles. The minimum atomic E-state index is -0.484. The van der Waals surface area contributed by atoms with Gasteiger partial charge in [0.05, 0.1) is 16.5 Å².